The van der Waals surface area contributed by atoms with Gasteiger partial charge in [-0.05, 0) is 72.3 Å². The van der Waals surface area contributed by atoms with Crippen LogP contribution >= 0.6 is 0 Å². The Hall–Kier alpha value is -4.58. The number of carboxylic acid groups (broad SMARTS) is 2. The molecule has 202 valence electrons. The molecule has 0 saturated heterocycles. The predicted octanol–water partition coefficient (Wildman–Crippen LogP) is 6.95. The lowest BCUT2D eigenvalue weighted by atomic mass is 9.76. The summed E-state index contributed by atoms with van der Waals surface area (Å²) >= 11 is 0. The summed E-state index contributed by atoms with van der Waals surface area (Å²) in [6.07, 6.45) is 15.9. The Labute approximate surface area is 234 Å². The van der Waals surface area contributed by atoms with Crippen molar-refractivity contribution in [2.75, 3.05) is 22.9 Å². The molecule has 2 aromatic rings. The lowest BCUT2D eigenvalue weighted by molar-refractivity contribution is -0.138. The molecule has 0 aromatic heterocycles. The topological polar surface area (TPSA) is 81.1 Å². The van der Waals surface area contributed by atoms with Gasteiger partial charge in [0.05, 0.1) is 0 Å². The van der Waals surface area contributed by atoms with E-state index in [0.29, 0.717) is 25.9 Å². The molecule has 0 fully saturated rings. The third-order valence-electron chi connectivity index (χ3n) is 7.95. The Balaban J connectivity index is 1.54. The molecule has 0 spiro atoms. The molecule has 0 amide bonds. The van der Waals surface area contributed by atoms with Gasteiger partial charge in [0.25, 0.3) is 0 Å². The minimum atomic E-state index is -0.775. The van der Waals surface area contributed by atoms with Crippen molar-refractivity contribution in [1.82, 2.24) is 0 Å². The minimum absolute atomic E-state index is 0.134. The number of carboxylic acids is 2. The fraction of sp³-hybridized carbons (Fsp3) is 0.235. The number of nitrogens with zero attached hydrogens (tertiary/aromatic N) is 2. The number of hydrogen-bond acceptors (Lipinski definition) is 4. The van der Waals surface area contributed by atoms with Crippen LogP contribution in [-0.4, -0.2) is 35.2 Å². The maximum Gasteiger partial charge on any atom is 0.303 e. The lowest BCUT2D eigenvalue weighted by Crippen LogP contribution is -2.33. The molecule has 2 N–H and O–H groups in total. The van der Waals surface area contributed by atoms with Gasteiger partial charge in [0.2, 0.25) is 0 Å². The molecule has 0 saturated carbocycles. The van der Waals surface area contributed by atoms with E-state index >= 15 is 0 Å². The van der Waals surface area contributed by atoms with Gasteiger partial charge in [0, 0.05) is 59.8 Å². The van der Waals surface area contributed by atoms with Crippen LogP contribution in [0.1, 0.15) is 49.7 Å². The van der Waals surface area contributed by atoms with Crippen LogP contribution in [0.2, 0.25) is 0 Å². The van der Waals surface area contributed by atoms with Crippen molar-refractivity contribution in [1.29, 1.82) is 0 Å². The van der Waals surface area contributed by atoms with E-state index in [1.165, 1.54) is 22.3 Å². The summed E-state index contributed by atoms with van der Waals surface area (Å²) in [4.78, 5) is 27.2. The second kappa shape index (κ2) is 10.9. The molecule has 0 unspecified atom stereocenters. The monoisotopic (exact) mass is 532 g/mol. The van der Waals surface area contributed by atoms with Crippen molar-refractivity contribution in [2.45, 2.75) is 38.5 Å². The molecule has 0 radical (unpaired) electrons. The maximum atomic E-state index is 11.3. The Morgan fingerprint density at radius 1 is 0.650 bits per heavy atom. The van der Waals surface area contributed by atoms with Gasteiger partial charge < -0.3 is 20.0 Å². The number of carbonyl (C=O) groups is 2. The molecular weight excluding hydrogens is 500 g/mol. The van der Waals surface area contributed by atoms with E-state index in [4.69, 9.17) is 0 Å². The van der Waals surface area contributed by atoms with E-state index in [2.05, 4.69) is 94.8 Å². The number of rotatable bonds is 9. The van der Waals surface area contributed by atoms with E-state index in [1.54, 1.807) is 0 Å². The molecule has 0 atom stereocenters. The van der Waals surface area contributed by atoms with E-state index in [1.807, 2.05) is 0 Å². The average molecular weight is 533 g/mol. The standard InChI is InChI=1S/C34H32N2O4/c37-31(38)19-9-21-35-27-15-5-1-11-23(27)33(24-12-2-6-16-28(24)35)34-25-13-3-7-17-29(25)36(22-10-20-32(39)40)30-18-8-4-14-26(30)34/h1-8,11,13,15-18H,9-10,12,14,19-22H2,(H,37,38)(H,39,40). The Kier molecular flexibility index (Phi) is 6.99. The smallest absolute Gasteiger partial charge is 0.303 e. The van der Waals surface area contributed by atoms with E-state index in [0.717, 1.165) is 46.7 Å². The first-order valence-corrected chi connectivity index (χ1v) is 13.9. The van der Waals surface area contributed by atoms with Gasteiger partial charge in [0.15, 0.2) is 0 Å². The first-order valence-electron chi connectivity index (χ1n) is 13.9. The highest BCUT2D eigenvalue weighted by Gasteiger charge is 2.36. The van der Waals surface area contributed by atoms with Gasteiger partial charge in [-0.3, -0.25) is 9.59 Å². The van der Waals surface area contributed by atoms with Gasteiger partial charge in [-0.2, -0.15) is 0 Å². The van der Waals surface area contributed by atoms with Gasteiger partial charge in [0.1, 0.15) is 0 Å². The number of benzene rings is 2. The van der Waals surface area contributed by atoms with E-state index in [9.17, 15) is 19.8 Å². The quantitative estimate of drug-likeness (QED) is 0.364. The molecule has 2 aliphatic carbocycles. The fourth-order valence-electron chi connectivity index (χ4n) is 6.32. The molecule has 6 rings (SSSR count). The van der Waals surface area contributed by atoms with Crippen molar-refractivity contribution in [3.05, 3.63) is 119 Å². The van der Waals surface area contributed by atoms with Crippen molar-refractivity contribution >= 4 is 34.5 Å². The van der Waals surface area contributed by atoms with Crippen molar-refractivity contribution in [3.63, 3.8) is 0 Å². The molecule has 4 aliphatic rings. The first kappa shape index (κ1) is 25.7. The first-order chi connectivity index (χ1) is 19.5. The van der Waals surface area contributed by atoms with E-state index in [-0.39, 0.29) is 12.8 Å². The highest BCUT2D eigenvalue weighted by Crippen LogP contribution is 2.54. The minimum Gasteiger partial charge on any atom is -0.481 e. The van der Waals surface area contributed by atoms with Gasteiger partial charge in [-0.1, -0.05) is 60.7 Å². The van der Waals surface area contributed by atoms with Crippen LogP contribution in [0.15, 0.2) is 108 Å². The van der Waals surface area contributed by atoms with E-state index < -0.39 is 11.9 Å². The Morgan fingerprint density at radius 2 is 1.07 bits per heavy atom. The number of para-hydroxylation sites is 2. The summed E-state index contributed by atoms with van der Waals surface area (Å²) < 4.78 is 0. The van der Waals surface area contributed by atoms with Crippen LogP contribution in [0, 0.1) is 0 Å². The molecule has 6 heteroatoms. The zero-order valence-corrected chi connectivity index (χ0v) is 22.3. The second-order valence-corrected chi connectivity index (χ2v) is 10.4. The van der Waals surface area contributed by atoms with Crippen LogP contribution in [0.5, 0.6) is 0 Å². The normalized spacial score (nSPS) is 17.1. The molecule has 2 aliphatic heterocycles. The summed E-state index contributed by atoms with van der Waals surface area (Å²) in [6, 6.07) is 16.9. The number of fused-ring (bicyclic) bond motifs is 4. The van der Waals surface area contributed by atoms with Crippen LogP contribution in [0.4, 0.5) is 11.4 Å². The molecule has 40 heavy (non-hydrogen) atoms. The number of anilines is 2. The Bertz CT molecular complexity index is 1450. The summed E-state index contributed by atoms with van der Waals surface area (Å²) in [6.45, 7) is 1.26. The van der Waals surface area contributed by atoms with Crippen molar-refractivity contribution in [2.24, 2.45) is 0 Å². The number of hydrogen-bond donors (Lipinski definition) is 2. The Morgan fingerprint density at radius 3 is 1.50 bits per heavy atom. The fourth-order valence-corrected chi connectivity index (χ4v) is 6.32. The molecular formula is C34H32N2O4. The molecule has 6 nitrogen and oxygen atoms in total. The van der Waals surface area contributed by atoms with Crippen molar-refractivity contribution < 1.29 is 19.8 Å². The van der Waals surface area contributed by atoms with Crippen LogP contribution in [0.3, 0.4) is 0 Å². The van der Waals surface area contributed by atoms with Gasteiger partial charge in [-0.25, -0.2) is 0 Å². The van der Waals surface area contributed by atoms with Crippen molar-refractivity contribution in [3.8, 4) is 0 Å². The largest absolute Gasteiger partial charge is 0.481 e. The van der Waals surface area contributed by atoms with Crippen LogP contribution in [-0.2, 0) is 9.59 Å². The summed E-state index contributed by atoms with van der Waals surface area (Å²) in [5.41, 5.74) is 11.7. The molecule has 0 bridgehead atoms. The zero-order valence-electron chi connectivity index (χ0n) is 22.3. The summed E-state index contributed by atoms with van der Waals surface area (Å²) in [5.74, 6) is -1.55. The highest BCUT2D eigenvalue weighted by molar-refractivity contribution is 6.16. The highest BCUT2D eigenvalue weighted by atomic mass is 16.4. The SMILES string of the molecule is O=C(O)CCCN1C2=CC=CCC2=C(C2=C3CC=CC=C3N(CCCC(=O)O)c3ccccc32)c2ccccc21. The summed E-state index contributed by atoms with van der Waals surface area (Å²) in [7, 11) is 0. The third-order valence-corrected chi connectivity index (χ3v) is 7.95. The lowest BCUT2D eigenvalue weighted by Gasteiger charge is -2.42. The molecule has 2 aromatic carbocycles. The maximum absolute atomic E-state index is 11.3. The second-order valence-electron chi connectivity index (χ2n) is 10.4. The third kappa shape index (κ3) is 4.60. The number of allylic oxidation sites excluding steroid dienone is 10. The van der Waals surface area contributed by atoms with Gasteiger partial charge >= 0.3 is 11.9 Å². The number of aliphatic carboxylic acids is 2. The van der Waals surface area contributed by atoms with Crippen LogP contribution in [0.25, 0.3) is 11.1 Å². The predicted molar refractivity (Wildman–Crippen MR) is 159 cm³/mol. The van der Waals surface area contributed by atoms with Crippen LogP contribution < -0.4 is 9.80 Å². The average Bonchev–Trinajstić information content (AvgIpc) is 2.97. The summed E-state index contributed by atoms with van der Waals surface area (Å²) in [5, 5.41) is 18.6. The molecule has 2 heterocycles. The van der Waals surface area contributed by atoms with Gasteiger partial charge in [-0.15, -0.1) is 0 Å². The zero-order chi connectivity index (χ0) is 27.6.